The van der Waals surface area contributed by atoms with Gasteiger partial charge >= 0.3 is 0 Å². The minimum atomic E-state index is -1.51. The second-order valence-electron chi connectivity index (χ2n) is 5.78. The van der Waals surface area contributed by atoms with E-state index in [1.807, 2.05) is 0 Å². The first-order chi connectivity index (χ1) is 8.85. The lowest BCUT2D eigenvalue weighted by Gasteiger charge is -2.38. The molecule has 1 aliphatic rings. The summed E-state index contributed by atoms with van der Waals surface area (Å²) in [5.74, 6) is -1.10. The van der Waals surface area contributed by atoms with E-state index in [9.17, 15) is 19.0 Å². The van der Waals surface area contributed by atoms with Crippen molar-refractivity contribution in [1.82, 2.24) is 0 Å². The topological polar surface area (TPSA) is 40.5 Å². The minimum absolute atomic E-state index is 0.267. The van der Waals surface area contributed by atoms with Crippen LogP contribution in [0.15, 0.2) is 12.1 Å². The summed E-state index contributed by atoms with van der Waals surface area (Å²) in [6.07, 6.45) is 0.718. The lowest BCUT2D eigenvalue weighted by Crippen LogP contribution is -2.40. The predicted molar refractivity (Wildman–Crippen MR) is 68.6 cm³/mol. The SMILES string of the molecule is Cc1ccc(F)c(C(O)C2(O)CCC(C)CC2)c1F. The molecule has 0 spiro atoms. The molecule has 0 saturated heterocycles. The van der Waals surface area contributed by atoms with E-state index in [0.717, 1.165) is 18.9 Å². The van der Waals surface area contributed by atoms with E-state index in [1.54, 1.807) is 0 Å². The van der Waals surface area contributed by atoms with E-state index in [2.05, 4.69) is 6.92 Å². The Morgan fingerprint density at radius 3 is 2.42 bits per heavy atom. The first-order valence-corrected chi connectivity index (χ1v) is 6.70. The van der Waals surface area contributed by atoms with E-state index >= 15 is 0 Å². The van der Waals surface area contributed by atoms with Gasteiger partial charge in [-0.1, -0.05) is 13.0 Å². The van der Waals surface area contributed by atoms with Crippen molar-refractivity contribution in [2.75, 3.05) is 0 Å². The van der Waals surface area contributed by atoms with Crippen LogP contribution in [0.2, 0.25) is 0 Å². The van der Waals surface area contributed by atoms with Gasteiger partial charge in [-0.25, -0.2) is 8.78 Å². The maximum absolute atomic E-state index is 14.0. The summed E-state index contributed by atoms with van der Waals surface area (Å²) >= 11 is 0. The van der Waals surface area contributed by atoms with Gasteiger partial charge in [-0.3, -0.25) is 0 Å². The molecule has 19 heavy (non-hydrogen) atoms. The highest BCUT2D eigenvalue weighted by Crippen LogP contribution is 2.41. The molecule has 1 aromatic carbocycles. The highest BCUT2D eigenvalue weighted by molar-refractivity contribution is 5.30. The summed E-state index contributed by atoms with van der Waals surface area (Å²) in [6.45, 7) is 3.58. The van der Waals surface area contributed by atoms with Crippen LogP contribution in [-0.2, 0) is 0 Å². The van der Waals surface area contributed by atoms with Gasteiger partial charge in [-0.2, -0.15) is 0 Å². The smallest absolute Gasteiger partial charge is 0.134 e. The fourth-order valence-electron chi connectivity index (χ4n) is 2.73. The molecule has 0 aliphatic heterocycles. The van der Waals surface area contributed by atoms with E-state index < -0.39 is 28.9 Å². The number of hydrogen-bond donors (Lipinski definition) is 2. The van der Waals surface area contributed by atoms with E-state index in [0.29, 0.717) is 18.8 Å². The average molecular weight is 270 g/mol. The Morgan fingerprint density at radius 1 is 1.26 bits per heavy atom. The Bertz CT molecular complexity index is 465. The van der Waals surface area contributed by atoms with Crippen molar-refractivity contribution >= 4 is 0 Å². The third-order valence-electron chi connectivity index (χ3n) is 4.24. The van der Waals surface area contributed by atoms with E-state index in [4.69, 9.17) is 0 Å². The zero-order valence-corrected chi connectivity index (χ0v) is 11.3. The van der Waals surface area contributed by atoms with Crippen molar-refractivity contribution in [2.45, 2.75) is 51.2 Å². The van der Waals surface area contributed by atoms with Gasteiger partial charge in [0.05, 0.1) is 11.2 Å². The zero-order valence-electron chi connectivity index (χ0n) is 11.3. The molecule has 0 bridgehead atoms. The number of aryl methyl sites for hydroxylation is 1. The summed E-state index contributed by atoms with van der Waals surface area (Å²) in [5, 5.41) is 20.7. The number of halogens is 2. The minimum Gasteiger partial charge on any atom is -0.387 e. The summed E-state index contributed by atoms with van der Waals surface area (Å²) in [4.78, 5) is 0. The largest absolute Gasteiger partial charge is 0.387 e. The highest BCUT2D eigenvalue weighted by atomic mass is 19.1. The molecule has 2 N–H and O–H groups in total. The third-order valence-corrected chi connectivity index (χ3v) is 4.24. The molecule has 2 nitrogen and oxygen atoms in total. The molecule has 0 heterocycles. The van der Waals surface area contributed by atoms with Gasteiger partial charge in [0, 0.05) is 0 Å². The standard InChI is InChI=1S/C15H20F2O2/c1-9-5-7-15(19,8-6-9)14(18)12-11(16)4-3-10(2)13(12)17/h3-4,9,14,18-19H,5-8H2,1-2H3. The fourth-order valence-corrected chi connectivity index (χ4v) is 2.73. The Balaban J connectivity index is 2.34. The van der Waals surface area contributed by atoms with Gasteiger partial charge in [0.15, 0.2) is 0 Å². The third kappa shape index (κ3) is 2.65. The number of aliphatic hydroxyl groups excluding tert-OH is 1. The summed E-state index contributed by atoms with van der Waals surface area (Å²) in [6, 6.07) is 2.46. The number of hydrogen-bond acceptors (Lipinski definition) is 2. The molecular formula is C15H20F2O2. The Hall–Kier alpha value is -1.00. The molecule has 1 aliphatic carbocycles. The number of rotatable bonds is 2. The summed E-state index contributed by atoms with van der Waals surface area (Å²) in [7, 11) is 0. The van der Waals surface area contributed by atoms with Crippen LogP contribution in [0.3, 0.4) is 0 Å². The van der Waals surface area contributed by atoms with Crippen molar-refractivity contribution < 1.29 is 19.0 Å². The lowest BCUT2D eigenvalue weighted by molar-refractivity contribution is -0.107. The van der Waals surface area contributed by atoms with Crippen LogP contribution in [-0.4, -0.2) is 15.8 Å². The molecule has 1 atom stereocenters. The molecule has 0 amide bonds. The predicted octanol–water partition coefficient (Wildman–Crippen LogP) is 3.25. The van der Waals surface area contributed by atoms with Gasteiger partial charge < -0.3 is 10.2 Å². The fraction of sp³-hybridized carbons (Fsp3) is 0.600. The monoisotopic (exact) mass is 270 g/mol. The van der Waals surface area contributed by atoms with E-state index in [1.165, 1.54) is 13.0 Å². The normalized spacial score (nSPS) is 29.3. The molecule has 0 aromatic heterocycles. The van der Waals surface area contributed by atoms with Crippen LogP contribution in [0, 0.1) is 24.5 Å². The van der Waals surface area contributed by atoms with Crippen LogP contribution < -0.4 is 0 Å². The molecule has 0 radical (unpaired) electrons. The Labute approximate surface area is 112 Å². The van der Waals surface area contributed by atoms with Gasteiger partial charge in [-0.15, -0.1) is 0 Å². The Morgan fingerprint density at radius 2 is 1.84 bits per heavy atom. The van der Waals surface area contributed by atoms with Crippen LogP contribution in [0.5, 0.6) is 0 Å². The van der Waals surface area contributed by atoms with Crippen molar-refractivity contribution in [1.29, 1.82) is 0 Å². The van der Waals surface area contributed by atoms with Crippen LogP contribution in [0.1, 0.15) is 49.8 Å². The molecule has 1 aromatic rings. The molecular weight excluding hydrogens is 250 g/mol. The maximum Gasteiger partial charge on any atom is 0.134 e. The second-order valence-corrected chi connectivity index (χ2v) is 5.78. The zero-order chi connectivity index (χ0) is 14.2. The number of aliphatic hydroxyl groups is 2. The lowest BCUT2D eigenvalue weighted by atomic mass is 9.74. The Kier molecular flexibility index (Phi) is 3.92. The summed E-state index contributed by atoms with van der Waals surface area (Å²) < 4.78 is 27.8. The second kappa shape index (κ2) is 5.17. The van der Waals surface area contributed by atoms with Crippen LogP contribution >= 0.6 is 0 Å². The van der Waals surface area contributed by atoms with Crippen LogP contribution in [0.25, 0.3) is 0 Å². The van der Waals surface area contributed by atoms with Gasteiger partial charge in [0.25, 0.3) is 0 Å². The van der Waals surface area contributed by atoms with E-state index in [-0.39, 0.29) is 5.56 Å². The van der Waals surface area contributed by atoms with Gasteiger partial charge in [0.2, 0.25) is 0 Å². The van der Waals surface area contributed by atoms with Crippen LogP contribution in [0.4, 0.5) is 8.78 Å². The first-order valence-electron chi connectivity index (χ1n) is 6.70. The maximum atomic E-state index is 14.0. The first kappa shape index (κ1) is 14.4. The molecule has 1 unspecified atom stereocenters. The molecule has 4 heteroatoms. The number of benzene rings is 1. The molecule has 1 saturated carbocycles. The van der Waals surface area contributed by atoms with Gasteiger partial charge in [0.1, 0.15) is 17.7 Å². The molecule has 1 fully saturated rings. The quantitative estimate of drug-likeness (QED) is 0.866. The van der Waals surface area contributed by atoms with Crippen molar-refractivity contribution in [3.63, 3.8) is 0 Å². The van der Waals surface area contributed by atoms with Crippen molar-refractivity contribution in [2.24, 2.45) is 5.92 Å². The van der Waals surface area contributed by atoms with Crippen molar-refractivity contribution in [3.05, 3.63) is 34.9 Å². The van der Waals surface area contributed by atoms with Crippen molar-refractivity contribution in [3.8, 4) is 0 Å². The summed E-state index contributed by atoms with van der Waals surface area (Å²) in [5.41, 5.74) is -1.57. The average Bonchev–Trinajstić information content (AvgIpc) is 2.38. The highest BCUT2D eigenvalue weighted by Gasteiger charge is 2.41. The molecule has 2 rings (SSSR count). The van der Waals surface area contributed by atoms with Gasteiger partial charge in [-0.05, 0) is 50.2 Å². The molecule has 106 valence electrons.